The maximum Gasteiger partial charge on any atom is 0.257 e. The van der Waals surface area contributed by atoms with Gasteiger partial charge in [0.15, 0.2) is 11.6 Å². The Bertz CT molecular complexity index is 549. The first-order valence-electron chi connectivity index (χ1n) is 7.58. The molecule has 1 saturated heterocycles. The molecule has 3 rings (SSSR count). The van der Waals surface area contributed by atoms with E-state index in [4.69, 9.17) is 10.5 Å². The summed E-state index contributed by atoms with van der Waals surface area (Å²) in [6, 6.07) is 4.68. The van der Waals surface area contributed by atoms with Crippen molar-refractivity contribution in [3.05, 3.63) is 29.6 Å². The third-order valence-corrected chi connectivity index (χ3v) is 4.69. The van der Waals surface area contributed by atoms with Crippen LogP contribution in [0.2, 0.25) is 0 Å². The largest absolute Gasteiger partial charge is 0.490 e. The van der Waals surface area contributed by atoms with Gasteiger partial charge < -0.3 is 15.4 Å². The normalized spacial score (nSPS) is 27.8. The van der Waals surface area contributed by atoms with E-state index in [0.717, 1.165) is 19.4 Å². The molecule has 0 spiro atoms. The highest BCUT2D eigenvalue weighted by molar-refractivity contribution is 5.97. The molecule has 1 amide bonds. The highest BCUT2D eigenvalue weighted by Crippen LogP contribution is 2.38. The molecule has 2 N–H and O–H groups in total. The third kappa shape index (κ3) is 2.50. The molecule has 3 atom stereocenters. The number of fused-ring (bicyclic) bond motifs is 1. The van der Waals surface area contributed by atoms with Crippen molar-refractivity contribution in [2.24, 2.45) is 17.6 Å². The zero-order chi connectivity index (χ0) is 15.0. The average molecular weight is 292 g/mol. The Morgan fingerprint density at radius 2 is 2.24 bits per heavy atom. The molecule has 2 aliphatic rings. The van der Waals surface area contributed by atoms with Crippen LogP contribution in [-0.2, 0) is 0 Å². The smallest absolute Gasteiger partial charge is 0.257 e. The van der Waals surface area contributed by atoms with Crippen LogP contribution >= 0.6 is 0 Å². The molecule has 5 heteroatoms. The number of para-hydroxylation sites is 1. The van der Waals surface area contributed by atoms with E-state index in [0.29, 0.717) is 30.6 Å². The van der Waals surface area contributed by atoms with E-state index in [1.807, 2.05) is 0 Å². The first-order valence-corrected chi connectivity index (χ1v) is 7.58. The van der Waals surface area contributed by atoms with Crippen molar-refractivity contribution < 1.29 is 13.9 Å². The summed E-state index contributed by atoms with van der Waals surface area (Å²) in [5.74, 6) is 0.302. The summed E-state index contributed by atoms with van der Waals surface area (Å²) in [5, 5.41) is 0. The van der Waals surface area contributed by atoms with Crippen LogP contribution in [0.1, 0.15) is 30.1 Å². The van der Waals surface area contributed by atoms with Gasteiger partial charge in [-0.25, -0.2) is 4.39 Å². The maximum atomic E-state index is 13.9. The zero-order valence-corrected chi connectivity index (χ0v) is 12.2. The lowest BCUT2D eigenvalue weighted by molar-refractivity contribution is 0.0774. The van der Waals surface area contributed by atoms with Gasteiger partial charge in [0.2, 0.25) is 0 Å². The van der Waals surface area contributed by atoms with Crippen LogP contribution in [0.5, 0.6) is 5.75 Å². The lowest BCUT2D eigenvalue weighted by Gasteiger charge is -2.20. The van der Waals surface area contributed by atoms with Gasteiger partial charge in [-0.05, 0) is 43.7 Å². The predicted octanol–water partition coefficient (Wildman–Crippen LogP) is 2.03. The molecular formula is C16H21FN2O2. The minimum Gasteiger partial charge on any atom is -0.490 e. The maximum absolute atomic E-state index is 13.9. The molecule has 0 aromatic heterocycles. The number of rotatable bonds is 3. The zero-order valence-electron chi connectivity index (χ0n) is 12.2. The minimum absolute atomic E-state index is 0.0614. The Balaban J connectivity index is 1.82. The Kier molecular flexibility index (Phi) is 3.85. The van der Waals surface area contributed by atoms with Crippen molar-refractivity contribution in [2.45, 2.75) is 25.8 Å². The van der Waals surface area contributed by atoms with E-state index >= 15 is 0 Å². The summed E-state index contributed by atoms with van der Waals surface area (Å²) in [6.07, 6.45) is 2.12. The van der Waals surface area contributed by atoms with Gasteiger partial charge in [-0.2, -0.15) is 0 Å². The second kappa shape index (κ2) is 5.64. The van der Waals surface area contributed by atoms with Crippen LogP contribution in [0.4, 0.5) is 4.39 Å². The average Bonchev–Trinajstić information content (AvgIpc) is 3.03. The summed E-state index contributed by atoms with van der Waals surface area (Å²) in [5.41, 5.74) is 6.41. The van der Waals surface area contributed by atoms with E-state index in [9.17, 15) is 9.18 Å². The highest BCUT2D eigenvalue weighted by Gasteiger charge is 2.43. The molecule has 2 fully saturated rings. The number of ether oxygens (including phenoxy) is 1. The fourth-order valence-electron chi connectivity index (χ4n) is 3.61. The van der Waals surface area contributed by atoms with Gasteiger partial charge in [-0.15, -0.1) is 0 Å². The Morgan fingerprint density at radius 3 is 2.95 bits per heavy atom. The molecule has 21 heavy (non-hydrogen) atoms. The number of hydrogen-bond donors (Lipinski definition) is 1. The van der Waals surface area contributed by atoms with Crippen LogP contribution in [0.25, 0.3) is 0 Å². The molecule has 0 bridgehead atoms. The van der Waals surface area contributed by atoms with Gasteiger partial charge in [-0.1, -0.05) is 6.07 Å². The molecule has 1 aliphatic carbocycles. The van der Waals surface area contributed by atoms with Gasteiger partial charge in [0.25, 0.3) is 5.91 Å². The molecular weight excluding hydrogens is 271 g/mol. The standard InChI is InChI=1S/C16H21FN2O2/c1-2-21-15-11(4-3-5-13(15)17)16(20)19-8-10-6-7-14(18)12(10)9-19/h3-5,10,12,14H,2,6-9,18H2,1H3. The minimum atomic E-state index is -0.487. The molecule has 1 aromatic carbocycles. The molecule has 114 valence electrons. The van der Waals surface area contributed by atoms with Crippen LogP contribution in [0.3, 0.4) is 0 Å². The van der Waals surface area contributed by atoms with Crippen molar-refractivity contribution in [1.29, 1.82) is 0 Å². The Hall–Kier alpha value is -1.62. The lowest BCUT2D eigenvalue weighted by atomic mass is 9.98. The highest BCUT2D eigenvalue weighted by atomic mass is 19.1. The fourth-order valence-corrected chi connectivity index (χ4v) is 3.61. The Morgan fingerprint density at radius 1 is 1.43 bits per heavy atom. The summed E-state index contributed by atoms with van der Waals surface area (Å²) in [6.45, 7) is 3.50. The molecule has 1 heterocycles. The van der Waals surface area contributed by atoms with E-state index in [-0.39, 0.29) is 17.7 Å². The van der Waals surface area contributed by atoms with E-state index in [2.05, 4.69) is 0 Å². The fraction of sp³-hybridized carbons (Fsp3) is 0.562. The number of amides is 1. The number of likely N-dealkylation sites (tertiary alicyclic amines) is 1. The summed E-state index contributed by atoms with van der Waals surface area (Å²) in [4.78, 5) is 14.5. The number of halogens is 1. The summed E-state index contributed by atoms with van der Waals surface area (Å²) in [7, 11) is 0. The first-order chi connectivity index (χ1) is 10.1. The number of carbonyl (C=O) groups is 1. The number of benzene rings is 1. The second-order valence-electron chi connectivity index (χ2n) is 5.92. The van der Waals surface area contributed by atoms with E-state index < -0.39 is 5.82 Å². The topological polar surface area (TPSA) is 55.6 Å². The van der Waals surface area contributed by atoms with E-state index in [1.54, 1.807) is 24.0 Å². The predicted molar refractivity (Wildman–Crippen MR) is 77.7 cm³/mol. The molecule has 1 saturated carbocycles. The first kappa shape index (κ1) is 14.3. The molecule has 1 aliphatic heterocycles. The summed E-state index contributed by atoms with van der Waals surface area (Å²) >= 11 is 0. The number of hydrogen-bond acceptors (Lipinski definition) is 3. The van der Waals surface area contributed by atoms with Crippen LogP contribution < -0.4 is 10.5 Å². The van der Waals surface area contributed by atoms with Crippen LogP contribution in [0.15, 0.2) is 18.2 Å². The van der Waals surface area contributed by atoms with Gasteiger partial charge in [0.05, 0.1) is 12.2 Å². The number of nitrogens with zero attached hydrogens (tertiary/aromatic N) is 1. The Labute approximate surface area is 124 Å². The number of nitrogens with two attached hydrogens (primary N) is 1. The quantitative estimate of drug-likeness (QED) is 0.927. The lowest BCUT2D eigenvalue weighted by Crippen LogP contribution is -2.33. The van der Waals surface area contributed by atoms with Crippen molar-refractivity contribution in [2.75, 3.05) is 19.7 Å². The second-order valence-corrected chi connectivity index (χ2v) is 5.92. The van der Waals surface area contributed by atoms with Crippen molar-refractivity contribution >= 4 is 5.91 Å². The van der Waals surface area contributed by atoms with Crippen molar-refractivity contribution in [1.82, 2.24) is 4.90 Å². The molecule has 3 unspecified atom stereocenters. The van der Waals surface area contributed by atoms with Crippen LogP contribution in [0, 0.1) is 17.7 Å². The monoisotopic (exact) mass is 292 g/mol. The molecule has 4 nitrogen and oxygen atoms in total. The molecule has 1 aromatic rings. The van der Waals surface area contributed by atoms with E-state index in [1.165, 1.54) is 6.07 Å². The SMILES string of the molecule is CCOc1c(F)cccc1C(=O)N1CC2CCC(N)C2C1. The van der Waals surface area contributed by atoms with Gasteiger partial charge in [0, 0.05) is 19.1 Å². The van der Waals surface area contributed by atoms with Gasteiger partial charge in [0.1, 0.15) is 0 Å². The van der Waals surface area contributed by atoms with Gasteiger partial charge >= 0.3 is 0 Å². The third-order valence-electron chi connectivity index (χ3n) is 4.69. The van der Waals surface area contributed by atoms with Crippen molar-refractivity contribution in [3.63, 3.8) is 0 Å². The van der Waals surface area contributed by atoms with Gasteiger partial charge in [-0.3, -0.25) is 4.79 Å². The molecule has 0 radical (unpaired) electrons. The van der Waals surface area contributed by atoms with Crippen molar-refractivity contribution in [3.8, 4) is 5.75 Å². The van der Waals surface area contributed by atoms with Crippen LogP contribution in [-0.4, -0.2) is 36.5 Å². The summed E-state index contributed by atoms with van der Waals surface area (Å²) < 4.78 is 19.2. The number of carbonyl (C=O) groups excluding carboxylic acids is 1.